The Morgan fingerprint density at radius 3 is 1.97 bits per heavy atom. The van der Waals surface area contributed by atoms with Gasteiger partial charge in [-0.2, -0.15) is 0 Å². The monoisotopic (exact) mass is 486 g/mol. The van der Waals surface area contributed by atoms with Crippen LogP contribution in [0.1, 0.15) is 37.4 Å². The average molecular weight is 487 g/mol. The first-order valence-electron chi connectivity index (χ1n) is 10.9. The third-order valence-electron chi connectivity index (χ3n) is 5.55. The molecule has 0 bridgehead atoms. The van der Waals surface area contributed by atoms with Gasteiger partial charge in [-0.1, -0.05) is 56.3 Å². The highest BCUT2D eigenvalue weighted by molar-refractivity contribution is 7.90. The third kappa shape index (κ3) is 6.27. The highest BCUT2D eigenvalue weighted by Gasteiger charge is 2.25. The molecule has 5 nitrogen and oxygen atoms in total. The number of primary amides is 1. The Labute approximate surface area is 198 Å². The van der Waals surface area contributed by atoms with Crippen LogP contribution in [0, 0.1) is 17.6 Å². The molecule has 0 saturated carbocycles. The topological polar surface area (TPSA) is 89.3 Å². The summed E-state index contributed by atoms with van der Waals surface area (Å²) in [6.45, 7) is 3.91. The highest BCUT2D eigenvalue weighted by atomic mass is 32.2. The smallest absolute Gasteiger partial charge is 0.234 e. The zero-order valence-corrected chi connectivity index (χ0v) is 20.1. The average Bonchev–Trinajstić information content (AvgIpc) is 2.76. The molecule has 0 aromatic heterocycles. The van der Waals surface area contributed by atoms with E-state index in [1.165, 1.54) is 12.1 Å². The Balaban J connectivity index is 1.98. The molecular weight excluding hydrogens is 458 g/mol. The molecule has 3 rings (SSSR count). The largest absolute Gasteiger partial charge is 0.368 e. The number of amides is 1. The number of carbonyl (C=O) groups excluding carboxylic acids is 1. The summed E-state index contributed by atoms with van der Waals surface area (Å²) in [7, 11) is -3.29. The van der Waals surface area contributed by atoms with Gasteiger partial charge in [0, 0.05) is 17.9 Å². The first-order chi connectivity index (χ1) is 16.0. The second-order valence-electron chi connectivity index (χ2n) is 8.77. The van der Waals surface area contributed by atoms with Crippen molar-refractivity contribution in [1.29, 1.82) is 0 Å². The SMILES string of the molecule is CC(C)C[C@H](N[C@@H](c1ccc(-c2ccc(S(C)(=O)=O)cc2)cc1)c1ccc(F)cc1F)C(N)=O. The van der Waals surface area contributed by atoms with Crippen LogP contribution in [0.3, 0.4) is 0 Å². The van der Waals surface area contributed by atoms with Crippen LogP contribution in [0.4, 0.5) is 8.78 Å². The summed E-state index contributed by atoms with van der Waals surface area (Å²) in [4.78, 5) is 12.3. The van der Waals surface area contributed by atoms with E-state index in [1.54, 1.807) is 36.4 Å². The molecule has 1 amide bonds. The molecule has 0 heterocycles. The fourth-order valence-corrected chi connectivity index (χ4v) is 4.43. The van der Waals surface area contributed by atoms with Crippen LogP contribution in [0.2, 0.25) is 0 Å². The summed E-state index contributed by atoms with van der Waals surface area (Å²) >= 11 is 0. The molecule has 3 aromatic carbocycles. The van der Waals surface area contributed by atoms with Crippen LogP contribution < -0.4 is 11.1 Å². The van der Waals surface area contributed by atoms with Gasteiger partial charge in [-0.15, -0.1) is 0 Å². The van der Waals surface area contributed by atoms with Crippen molar-refractivity contribution in [2.75, 3.05) is 6.26 Å². The van der Waals surface area contributed by atoms with E-state index in [4.69, 9.17) is 5.73 Å². The first kappa shape index (κ1) is 25.5. The van der Waals surface area contributed by atoms with Gasteiger partial charge >= 0.3 is 0 Å². The molecule has 0 unspecified atom stereocenters. The number of hydrogen-bond acceptors (Lipinski definition) is 4. The number of nitrogens with one attached hydrogen (secondary N) is 1. The maximum atomic E-state index is 14.7. The van der Waals surface area contributed by atoms with Crippen molar-refractivity contribution in [3.63, 3.8) is 0 Å². The van der Waals surface area contributed by atoms with Crippen LogP contribution in [-0.4, -0.2) is 26.6 Å². The lowest BCUT2D eigenvalue weighted by molar-refractivity contribution is -0.120. The minimum absolute atomic E-state index is 0.168. The molecule has 34 heavy (non-hydrogen) atoms. The fourth-order valence-electron chi connectivity index (χ4n) is 3.80. The van der Waals surface area contributed by atoms with E-state index in [0.29, 0.717) is 12.0 Å². The van der Waals surface area contributed by atoms with Crippen molar-refractivity contribution in [3.05, 3.63) is 89.5 Å². The van der Waals surface area contributed by atoms with Crippen LogP contribution >= 0.6 is 0 Å². The Bertz CT molecular complexity index is 1260. The van der Waals surface area contributed by atoms with Gasteiger partial charge in [0.05, 0.1) is 17.0 Å². The third-order valence-corrected chi connectivity index (χ3v) is 6.68. The van der Waals surface area contributed by atoms with Crippen molar-refractivity contribution >= 4 is 15.7 Å². The number of benzene rings is 3. The molecule has 0 radical (unpaired) electrons. The van der Waals surface area contributed by atoms with E-state index in [9.17, 15) is 22.0 Å². The molecule has 0 aliphatic carbocycles. The summed E-state index contributed by atoms with van der Waals surface area (Å²) in [6.07, 6.45) is 1.61. The lowest BCUT2D eigenvalue weighted by Gasteiger charge is -2.26. The van der Waals surface area contributed by atoms with Crippen LogP contribution in [0.15, 0.2) is 71.6 Å². The van der Waals surface area contributed by atoms with Crippen molar-refractivity contribution < 1.29 is 22.0 Å². The van der Waals surface area contributed by atoms with E-state index in [0.717, 1.165) is 23.4 Å². The lowest BCUT2D eigenvalue weighted by atomic mass is 9.93. The zero-order valence-electron chi connectivity index (χ0n) is 19.3. The number of rotatable bonds is 9. The van der Waals surface area contributed by atoms with E-state index in [2.05, 4.69) is 5.32 Å². The van der Waals surface area contributed by atoms with Gasteiger partial charge < -0.3 is 5.73 Å². The van der Waals surface area contributed by atoms with E-state index in [-0.39, 0.29) is 16.4 Å². The first-order valence-corrected chi connectivity index (χ1v) is 12.8. The van der Waals surface area contributed by atoms with Gasteiger partial charge in [-0.3, -0.25) is 10.1 Å². The quantitative estimate of drug-likeness (QED) is 0.462. The van der Waals surface area contributed by atoms with Gasteiger partial charge in [0.25, 0.3) is 0 Å². The minimum atomic E-state index is -3.29. The Kier molecular flexibility index (Phi) is 7.84. The van der Waals surface area contributed by atoms with Crippen molar-refractivity contribution in [3.8, 4) is 11.1 Å². The van der Waals surface area contributed by atoms with Gasteiger partial charge in [0.2, 0.25) is 5.91 Å². The predicted molar refractivity (Wildman–Crippen MR) is 129 cm³/mol. The van der Waals surface area contributed by atoms with Gasteiger partial charge in [0.15, 0.2) is 9.84 Å². The molecule has 0 saturated heterocycles. The van der Waals surface area contributed by atoms with Crippen LogP contribution in [0.5, 0.6) is 0 Å². The van der Waals surface area contributed by atoms with Crippen molar-refractivity contribution in [2.45, 2.75) is 37.2 Å². The molecule has 8 heteroatoms. The highest BCUT2D eigenvalue weighted by Crippen LogP contribution is 2.29. The normalized spacial score (nSPS) is 13.6. The standard InChI is InChI=1S/C26H28F2N2O3S/c1-16(2)14-24(26(29)31)30-25(22-13-10-20(27)15-23(22)28)19-6-4-17(5-7-19)18-8-11-21(12-9-18)34(3,32)33/h4-13,15-16,24-25,30H,14H2,1-3H3,(H2,29,31)/t24-,25-/m0/s1. The Morgan fingerprint density at radius 2 is 1.50 bits per heavy atom. The molecule has 0 aliphatic rings. The second-order valence-corrected chi connectivity index (χ2v) is 10.8. The van der Waals surface area contributed by atoms with Gasteiger partial charge in [-0.05, 0) is 47.2 Å². The fraction of sp³-hybridized carbons (Fsp3) is 0.269. The molecule has 2 atom stereocenters. The molecule has 3 aromatic rings. The zero-order chi connectivity index (χ0) is 25.0. The number of hydrogen-bond donors (Lipinski definition) is 2. The number of halogens is 2. The predicted octanol–water partition coefficient (Wildman–Crippen LogP) is 4.61. The van der Waals surface area contributed by atoms with E-state index in [1.807, 2.05) is 26.0 Å². The molecule has 0 fully saturated rings. The maximum absolute atomic E-state index is 14.7. The van der Waals surface area contributed by atoms with Gasteiger partial charge in [0.1, 0.15) is 11.6 Å². The van der Waals surface area contributed by atoms with Crippen molar-refractivity contribution in [1.82, 2.24) is 5.32 Å². The lowest BCUT2D eigenvalue weighted by Crippen LogP contribution is -2.44. The summed E-state index contributed by atoms with van der Waals surface area (Å²) in [5.74, 6) is -1.81. The summed E-state index contributed by atoms with van der Waals surface area (Å²) < 4.78 is 51.7. The second kappa shape index (κ2) is 10.4. The van der Waals surface area contributed by atoms with Crippen molar-refractivity contribution in [2.24, 2.45) is 11.7 Å². The van der Waals surface area contributed by atoms with Gasteiger partial charge in [-0.25, -0.2) is 17.2 Å². The van der Waals surface area contributed by atoms with Crippen LogP contribution in [0.25, 0.3) is 11.1 Å². The Hall–Kier alpha value is -3.10. The molecule has 3 N–H and O–H groups in total. The molecule has 180 valence electrons. The van der Waals surface area contributed by atoms with E-state index < -0.39 is 39.5 Å². The molecule has 0 aliphatic heterocycles. The molecular formula is C26H28F2N2O3S. The maximum Gasteiger partial charge on any atom is 0.234 e. The summed E-state index contributed by atoms with van der Waals surface area (Å²) in [5.41, 5.74) is 8.10. The summed E-state index contributed by atoms with van der Waals surface area (Å²) in [6, 6.07) is 15.6. The Morgan fingerprint density at radius 1 is 0.941 bits per heavy atom. The number of carbonyl (C=O) groups is 1. The number of nitrogens with two attached hydrogens (primary N) is 1. The van der Waals surface area contributed by atoms with E-state index >= 15 is 0 Å². The number of sulfone groups is 1. The summed E-state index contributed by atoms with van der Waals surface area (Å²) in [5, 5.41) is 3.16. The van der Waals surface area contributed by atoms with Crippen LogP contribution in [-0.2, 0) is 14.6 Å². The molecule has 0 spiro atoms. The minimum Gasteiger partial charge on any atom is -0.368 e.